The van der Waals surface area contributed by atoms with Gasteiger partial charge in [0.15, 0.2) is 5.78 Å². The Morgan fingerprint density at radius 3 is 2.56 bits per heavy atom. The molecule has 0 spiro atoms. The van der Waals surface area contributed by atoms with E-state index in [-0.39, 0.29) is 5.41 Å². The first-order valence-electron chi connectivity index (χ1n) is 6.62. The summed E-state index contributed by atoms with van der Waals surface area (Å²) in [6.45, 7) is 11.3. The summed E-state index contributed by atoms with van der Waals surface area (Å²) >= 11 is 0. The van der Waals surface area contributed by atoms with Crippen molar-refractivity contribution < 1.29 is 4.79 Å². The Bertz CT molecular complexity index is 379. The second kappa shape index (κ2) is 2.80. The number of rotatable bonds is 0. The molecular weight excluding hydrogens is 196 g/mol. The lowest BCUT2D eigenvalue weighted by Gasteiger charge is -2.41. The summed E-state index contributed by atoms with van der Waals surface area (Å²) in [5.74, 6) is 2.40. The van der Waals surface area contributed by atoms with E-state index in [2.05, 4.69) is 27.4 Å². The molecule has 0 radical (unpaired) electrons. The Morgan fingerprint density at radius 1 is 1.25 bits per heavy atom. The zero-order valence-electron chi connectivity index (χ0n) is 10.7. The van der Waals surface area contributed by atoms with Crippen molar-refractivity contribution in [3.8, 4) is 0 Å². The van der Waals surface area contributed by atoms with Crippen LogP contribution in [0.25, 0.3) is 0 Å². The smallest absolute Gasteiger partial charge is 0.159 e. The number of carbonyl (C=O) groups is 1. The third-order valence-electron chi connectivity index (χ3n) is 5.99. The first kappa shape index (κ1) is 10.6. The molecule has 0 heterocycles. The maximum absolute atomic E-state index is 12.0. The van der Waals surface area contributed by atoms with E-state index in [1.807, 2.05) is 0 Å². The molecule has 1 unspecified atom stereocenters. The topological polar surface area (TPSA) is 17.1 Å². The van der Waals surface area contributed by atoms with Gasteiger partial charge in [-0.15, -0.1) is 0 Å². The van der Waals surface area contributed by atoms with Gasteiger partial charge in [0.25, 0.3) is 0 Å². The molecule has 1 heteroatoms. The molecule has 0 aromatic heterocycles. The van der Waals surface area contributed by atoms with Crippen molar-refractivity contribution >= 4 is 5.78 Å². The van der Waals surface area contributed by atoms with Gasteiger partial charge in [-0.3, -0.25) is 4.79 Å². The summed E-state index contributed by atoms with van der Waals surface area (Å²) < 4.78 is 0. The molecule has 0 amide bonds. The molecule has 3 fully saturated rings. The van der Waals surface area contributed by atoms with Crippen LogP contribution in [0, 0.1) is 28.6 Å². The fourth-order valence-electron chi connectivity index (χ4n) is 5.27. The van der Waals surface area contributed by atoms with Crippen molar-refractivity contribution in [3.05, 3.63) is 12.2 Å². The monoisotopic (exact) mass is 218 g/mol. The predicted molar refractivity (Wildman–Crippen MR) is 65.0 cm³/mol. The van der Waals surface area contributed by atoms with Gasteiger partial charge < -0.3 is 0 Å². The van der Waals surface area contributed by atoms with Gasteiger partial charge in [-0.25, -0.2) is 0 Å². The average Bonchev–Trinajstić information content (AvgIpc) is 2.51. The molecule has 1 nitrogen and oxygen atoms in total. The number of allylic oxidation sites excluding steroid dienone is 1. The first-order chi connectivity index (χ1) is 7.39. The fourth-order valence-corrected chi connectivity index (χ4v) is 5.27. The summed E-state index contributed by atoms with van der Waals surface area (Å²) in [6.07, 6.45) is 4.59. The van der Waals surface area contributed by atoms with Crippen molar-refractivity contribution in [2.45, 2.75) is 46.5 Å². The van der Waals surface area contributed by atoms with Crippen LogP contribution in [0.1, 0.15) is 46.5 Å². The maximum Gasteiger partial charge on any atom is 0.159 e. The van der Waals surface area contributed by atoms with Crippen molar-refractivity contribution in [1.29, 1.82) is 0 Å². The lowest BCUT2D eigenvalue weighted by atomic mass is 9.62. The zero-order valence-corrected chi connectivity index (χ0v) is 10.7. The van der Waals surface area contributed by atoms with Crippen LogP contribution in [0.3, 0.4) is 0 Å². The Morgan fingerprint density at radius 2 is 1.94 bits per heavy atom. The summed E-state index contributed by atoms with van der Waals surface area (Å²) in [5, 5.41) is 0. The zero-order chi connectivity index (χ0) is 11.7. The Labute approximate surface area is 98.3 Å². The van der Waals surface area contributed by atoms with Crippen LogP contribution < -0.4 is 0 Å². The van der Waals surface area contributed by atoms with Gasteiger partial charge >= 0.3 is 0 Å². The molecule has 2 bridgehead atoms. The van der Waals surface area contributed by atoms with Crippen LogP contribution in [0.5, 0.6) is 0 Å². The number of Topliss-reactive ketones (excluding diaryl/α,β-unsaturated/α-hetero) is 1. The van der Waals surface area contributed by atoms with E-state index in [9.17, 15) is 4.79 Å². The number of ketones is 1. The standard InChI is InChI=1S/C15H22O/c1-9-5-6-11-12-7-13(16)10(2)15(9,12)8-14(11,3)4/h9,11-12H,2,5-8H2,1,3-4H3/t9-,11-,12-,15?/m0/s1. The molecule has 4 atom stereocenters. The van der Waals surface area contributed by atoms with Gasteiger partial charge in [0.2, 0.25) is 0 Å². The fraction of sp³-hybridized carbons (Fsp3) is 0.800. The molecule has 0 aromatic carbocycles. The van der Waals surface area contributed by atoms with Crippen LogP contribution in [0.15, 0.2) is 12.2 Å². The van der Waals surface area contributed by atoms with Gasteiger partial charge in [-0.2, -0.15) is 0 Å². The van der Waals surface area contributed by atoms with Crippen LogP contribution in [0.2, 0.25) is 0 Å². The largest absolute Gasteiger partial charge is 0.295 e. The Hall–Kier alpha value is -0.590. The minimum atomic E-state index is 0.184. The predicted octanol–water partition coefficient (Wildman–Crippen LogP) is 3.59. The van der Waals surface area contributed by atoms with Crippen LogP contribution in [-0.4, -0.2) is 5.78 Å². The van der Waals surface area contributed by atoms with Crippen LogP contribution >= 0.6 is 0 Å². The van der Waals surface area contributed by atoms with Crippen molar-refractivity contribution in [2.75, 3.05) is 0 Å². The van der Waals surface area contributed by atoms with E-state index in [4.69, 9.17) is 0 Å². The molecule has 3 saturated carbocycles. The highest BCUT2D eigenvalue weighted by molar-refractivity contribution is 5.99. The summed E-state index contributed by atoms with van der Waals surface area (Å²) in [7, 11) is 0. The highest BCUT2D eigenvalue weighted by atomic mass is 16.1. The highest BCUT2D eigenvalue weighted by Gasteiger charge is 2.66. The van der Waals surface area contributed by atoms with Gasteiger partial charge in [-0.05, 0) is 48.0 Å². The van der Waals surface area contributed by atoms with Crippen molar-refractivity contribution in [1.82, 2.24) is 0 Å². The average molecular weight is 218 g/mol. The SMILES string of the molecule is C=C1C(=O)C[C@H]2[C@@H]3CC[C@H](C)C12CC3(C)C. The van der Waals surface area contributed by atoms with E-state index in [0.29, 0.717) is 23.0 Å². The summed E-state index contributed by atoms with van der Waals surface area (Å²) in [5.41, 5.74) is 1.57. The molecule has 16 heavy (non-hydrogen) atoms. The highest BCUT2D eigenvalue weighted by Crippen LogP contribution is 2.71. The normalized spacial score (nSPS) is 49.6. The van der Waals surface area contributed by atoms with Crippen LogP contribution in [0.4, 0.5) is 0 Å². The lowest BCUT2D eigenvalue weighted by Crippen LogP contribution is -2.35. The molecule has 3 aliphatic rings. The van der Waals surface area contributed by atoms with Crippen molar-refractivity contribution in [3.63, 3.8) is 0 Å². The van der Waals surface area contributed by atoms with E-state index in [0.717, 1.165) is 17.9 Å². The quantitative estimate of drug-likeness (QED) is 0.568. The minimum Gasteiger partial charge on any atom is -0.295 e. The third-order valence-corrected chi connectivity index (χ3v) is 5.99. The van der Waals surface area contributed by atoms with Gasteiger partial charge in [0.1, 0.15) is 0 Å². The van der Waals surface area contributed by atoms with Gasteiger partial charge in [-0.1, -0.05) is 27.4 Å². The van der Waals surface area contributed by atoms with Gasteiger partial charge in [0, 0.05) is 11.8 Å². The third kappa shape index (κ3) is 0.959. The molecule has 3 aliphatic carbocycles. The summed E-state index contributed by atoms with van der Waals surface area (Å²) in [4.78, 5) is 12.0. The molecule has 0 aromatic rings. The van der Waals surface area contributed by atoms with E-state index in [1.165, 1.54) is 19.3 Å². The second-order valence-corrected chi connectivity index (χ2v) is 7.00. The maximum atomic E-state index is 12.0. The van der Waals surface area contributed by atoms with E-state index in [1.54, 1.807) is 0 Å². The number of carbonyl (C=O) groups excluding carboxylic acids is 1. The molecule has 0 aliphatic heterocycles. The minimum absolute atomic E-state index is 0.184. The summed E-state index contributed by atoms with van der Waals surface area (Å²) in [6, 6.07) is 0. The van der Waals surface area contributed by atoms with Crippen molar-refractivity contribution in [2.24, 2.45) is 28.6 Å². The molecule has 0 N–H and O–H groups in total. The Kier molecular flexibility index (Phi) is 1.85. The van der Waals surface area contributed by atoms with E-state index >= 15 is 0 Å². The lowest BCUT2D eigenvalue weighted by molar-refractivity contribution is -0.115. The second-order valence-electron chi connectivity index (χ2n) is 7.00. The molecule has 3 rings (SSSR count). The van der Waals surface area contributed by atoms with E-state index < -0.39 is 0 Å². The molecule has 0 saturated heterocycles. The van der Waals surface area contributed by atoms with Gasteiger partial charge in [0.05, 0.1) is 0 Å². The van der Waals surface area contributed by atoms with Crippen LogP contribution in [-0.2, 0) is 4.79 Å². The first-order valence-corrected chi connectivity index (χ1v) is 6.62. The number of hydrogen-bond acceptors (Lipinski definition) is 1. The molecular formula is C15H22O. The number of hydrogen-bond donors (Lipinski definition) is 0. The Balaban J connectivity index is 2.14. The molecule has 88 valence electrons.